The smallest absolute Gasteiger partial charge is 0.323 e. The second-order valence-electron chi connectivity index (χ2n) is 5.99. The van der Waals surface area contributed by atoms with E-state index in [9.17, 15) is 0 Å². The van der Waals surface area contributed by atoms with Crippen LogP contribution in [0.3, 0.4) is 0 Å². The SMILES string of the molecule is CCCOc1nc(NC)nc(N2CCC(C)(CC)CC2)n1. The number of nitrogens with zero attached hydrogens (tertiary/aromatic N) is 4. The van der Waals surface area contributed by atoms with Crippen molar-refractivity contribution in [2.75, 3.05) is 37.0 Å². The van der Waals surface area contributed by atoms with Crippen molar-refractivity contribution in [2.45, 2.75) is 46.5 Å². The maximum atomic E-state index is 5.56. The quantitative estimate of drug-likeness (QED) is 0.870. The number of aromatic nitrogens is 3. The van der Waals surface area contributed by atoms with Gasteiger partial charge in [-0.25, -0.2) is 0 Å². The number of ether oxygens (including phenoxy) is 1. The second-order valence-corrected chi connectivity index (χ2v) is 5.99. The number of hydrogen-bond donors (Lipinski definition) is 1. The number of piperidine rings is 1. The number of rotatable bonds is 6. The predicted octanol–water partition coefficient (Wildman–Crippen LogP) is 2.72. The van der Waals surface area contributed by atoms with Gasteiger partial charge in [-0.05, 0) is 24.7 Å². The van der Waals surface area contributed by atoms with Crippen molar-refractivity contribution in [1.82, 2.24) is 15.0 Å². The van der Waals surface area contributed by atoms with E-state index in [4.69, 9.17) is 4.74 Å². The molecule has 0 bridgehead atoms. The Morgan fingerprint density at radius 3 is 2.48 bits per heavy atom. The lowest BCUT2D eigenvalue weighted by Gasteiger charge is -2.38. The molecule has 0 aliphatic carbocycles. The van der Waals surface area contributed by atoms with Crippen LogP contribution in [0.15, 0.2) is 0 Å². The van der Waals surface area contributed by atoms with E-state index in [1.54, 1.807) is 0 Å². The van der Waals surface area contributed by atoms with Gasteiger partial charge in [0, 0.05) is 20.1 Å². The molecule has 0 radical (unpaired) electrons. The predicted molar refractivity (Wildman–Crippen MR) is 85.0 cm³/mol. The van der Waals surface area contributed by atoms with Crippen LogP contribution in [0, 0.1) is 5.41 Å². The molecule has 1 aromatic heterocycles. The van der Waals surface area contributed by atoms with E-state index >= 15 is 0 Å². The fourth-order valence-corrected chi connectivity index (χ4v) is 2.46. The van der Waals surface area contributed by atoms with Gasteiger partial charge in [-0.15, -0.1) is 0 Å². The number of nitrogens with one attached hydrogen (secondary N) is 1. The minimum atomic E-state index is 0.412. The van der Waals surface area contributed by atoms with Crippen molar-refractivity contribution in [3.8, 4) is 6.01 Å². The summed E-state index contributed by atoms with van der Waals surface area (Å²) < 4.78 is 5.56. The Bertz CT molecular complexity index is 457. The van der Waals surface area contributed by atoms with E-state index in [-0.39, 0.29) is 0 Å². The molecule has 0 spiro atoms. The van der Waals surface area contributed by atoms with Gasteiger partial charge in [0.2, 0.25) is 11.9 Å². The molecule has 1 aliphatic heterocycles. The summed E-state index contributed by atoms with van der Waals surface area (Å²) in [5.41, 5.74) is 0.455. The molecule has 1 aliphatic rings. The zero-order valence-corrected chi connectivity index (χ0v) is 13.6. The highest BCUT2D eigenvalue weighted by Crippen LogP contribution is 2.35. The van der Waals surface area contributed by atoms with Crippen molar-refractivity contribution < 1.29 is 4.74 Å². The third kappa shape index (κ3) is 3.95. The first-order valence-corrected chi connectivity index (χ1v) is 7.92. The topological polar surface area (TPSA) is 63.2 Å². The van der Waals surface area contributed by atoms with E-state index in [1.165, 1.54) is 19.3 Å². The average Bonchev–Trinajstić information content (AvgIpc) is 2.53. The van der Waals surface area contributed by atoms with Crippen LogP contribution in [0.2, 0.25) is 0 Å². The Labute approximate surface area is 127 Å². The fourth-order valence-electron chi connectivity index (χ4n) is 2.46. The zero-order chi connectivity index (χ0) is 15.3. The highest BCUT2D eigenvalue weighted by molar-refractivity contribution is 5.38. The standard InChI is InChI=1S/C15H27N5O/c1-5-11-21-14-18-12(16-4)17-13(19-14)20-9-7-15(3,6-2)8-10-20/h5-11H2,1-4H3,(H,16,17,18,19). The van der Waals surface area contributed by atoms with Crippen LogP contribution in [0.1, 0.15) is 46.5 Å². The van der Waals surface area contributed by atoms with E-state index in [2.05, 4.69) is 45.9 Å². The molecule has 118 valence electrons. The summed E-state index contributed by atoms with van der Waals surface area (Å²) in [4.78, 5) is 15.4. The third-order valence-electron chi connectivity index (χ3n) is 4.37. The summed E-state index contributed by atoms with van der Waals surface area (Å²) in [5, 5.41) is 2.98. The molecule has 6 heteroatoms. The van der Waals surface area contributed by atoms with Gasteiger partial charge in [-0.2, -0.15) is 15.0 Å². The van der Waals surface area contributed by atoms with Crippen LogP contribution in [0.5, 0.6) is 6.01 Å². The molecule has 1 saturated heterocycles. The molecule has 1 N–H and O–H groups in total. The van der Waals surface area contributed by atoms with Gasteiger partial charge in [0.05, 0.1) is 6.61 Å². The minimum absolute atomic E-state index is 0.412. The number of anilines is 2. The van der Waals surface area contributed by atoms with Crippen LogP contribution in [-0.4, -0.2) is 41.7 Å². The van der Waals surface area contributed by atoms with Crippen molar-refractivity contribution in [2.24, 2.45) is 5.41 Å². The van der Waals surface area contributed by atoms with Crippen LogP contribution >= 0.6 is 0 Å². The molecule has 1 aromatic rings. The van der Waals surface area contributed by atoms with Crippen LogP contribution in [0.4, 0.5) is 11.9 Å². The zero-order valence-electron chi connectivity index (χ0n) is 13.6. The fraction of sp³-hybridized carbons (Fsp3) is 0.800. The van der Waals surface area contributed by atoms with E-state index in [0.29, 0.717) is 24.0 Å². The molecular formula is C15H27N5O. The Morgan fingerprint density at radius 1 is 1.19 bits per heavy atom. The van der Waals surface area contributed by atoms with Gasteiger partial charge in [-0.1, -0.05) is 27.2 Å². The first kappa shape index (κ1) is 15.8. The molecule has 0 unspecified atom stereocenters. The van der Waals surface area contributed by atoms with Gasteiger partial charge in [0.1, 0.15) is 0 Å². The molecule has 2 heterocycles. The summed E-state index contributed by atoms with van der Waals surface area (Å²) in [6, 6.07) is 0.412. The van der Waals surface area contributed by atoms with Gasteiger partial charge in [-0.3, -0.25) is 0 Å². The Kier molecular flexibility index (Phi) is 5.20. The molecular weight excluding hydrogens is 266 g/mol. The summed E-state index contributed by atoms with van der Waals surface area (Å²) in [5.74, 6) is 1.29. The highest BCUT2D eigenvalue weighted by Gasteiger charge is 2.29. The molecule has 0 saturated carbocycles. The molecule has 6 nitrogen and oxygen atoms in total. The Hall–Kier alpha value is -1.59. The molecule has 2 rings (SSSR count). The molecule has 0 atom stereocenters. The van der Waals surface area contributed by atoms with Crippen molar-refractivity contribution in [1.29, 1.82) is 0 Å². The van der Waals surface area contributed by atoms with Crippen molar-refractivity contribution >= 4 is 11.9 Å². The van der Waals surface area contributed by atoms with Crippen LogP contribution in [-0.2, 0) is 0 Å². The molecule has 0 amide bonds. The summed E-state index contributed by atoms with van der Waals surface area (Å²) in [6.45, 7) is 9.31. The van der Waals surface area contributed by atoms with E-state index in [1.807, 2.05) is 7.05 Å². The molecule has 1 fully saturated rings. The third-order valence-corrected chi connectivity index (χ3v) is 4.37. The highest BCUT2D eigenvalue weighted by atomic mass is 16.5. The maximum absolute atomic E-state index is 5.56. The average molecular weight is 293 g/mol. The Morgan fingerprint density at radius 2 is 1.90 bits per heavy atom. The van der Waals surface area contributed by atoms with Crippen LogP contribution in [0.25, 0.3) is 0 Å². The molecule has 0 aromatic carbocycles. The largest absolute Gasteiger partial charge is 0.463 e. The van der Waals surface area contributed by atoms with E-state index in [0.717, 1.165) is 25.5 Å². The van der Waals surface area contributed by atoms with E-state index < -0.39 is 0 Å². The summed E-state index contributed by atoms with van der Waals surface area (Å²) >= 11 is 0. The van der Waals surface area contributed by atoms with Gasteiger partial charge in [0.15, 0.2) is 0 Å². The van der Waals surface area contributed by atoms with Gasteiger partial charge >= 0.3 is 6.01 Å². The first-order chi connectivity index (χ1) is 10.1. The molecule has 21 heavy (non-hydrogen) atoms. The normalized spacial score (nSPS) is 17.6. The van der Waals surface area contributed by atoms with Crippen molar-refractivity contribution in [3.63, 3.8) is 0 Å². The summed E-state index contributed by atoms with van der Waals surface area (Å²) in [7, 11) is 1.81. The number of hydrogen-bond acceptors (Lipinski definition) is 6. The second kappa shape index (κ2) is 6.91. The Balaban J connectivity index is 2.12. The summed E-state index contributed by atoms with van der Waals surface area (Å²) in [6.07, 6.45) is 4.52. The first-order valence-electron chi connectivity index (χ1n) is 7.92. The monoisotopic (exact) mass is 293 g/mol. The van der Waals surface area contributed by atoms with Crippen LogP contribution < -0.4 is 15.0 Å². The van der Waals surface area contributed by atoms with Crippen molar-refractivity contribution in [3.05, 3.63) is 0 Å². The van der Waals surface area contributed by atoms with Gasteiger partial charge < -0.3 is 15.0 Å². The van der Waals surface area contributed by atoms with Gasteiger partial charge in [0.25, 0.3) is 0 Å². The maximum Gasteiger partial charge on any atom is 0.323 e. The minimum Gasteiger partial charge on any atom is -0.463 e. The lowest BCUT2D eigenvalue weighted by molar-refractivity contribution is 0.236. The lowest BCUT2D eigenvalue weighted by Crippen LogP contribution is -2.39. The lowest BCUT2D eigenvalue weighted by atomic mass is 9.78.